The van der Waals surface area contributed by atoms with E-state index in [-0.39, 0.29) is 18.2 Å². The quantitative estimate of drug-likeness (QED) is 0.735. The number of rotatable bonds is 5. The number of para-hydroxylation sites is 1. The highest BCUT2D eigenvalue weighted by Gasteiger charge is 2.16. The number of ether oxygens (including phenoxy) is 2. The summed E-state index contributed by atoms with van der Waals surface area (Å²) >= 11 is 0. The van der Waals surface area contributed by atoms with Crippen molar-refractivity contribution in [1.82, 2.24) is 0 Å². The molecule has 0 spiro atoms. The molecule has 0 amide bonds. The number of hydrogen-bond acceptors (Lipinski definition) is 3. The molecule has 0 aliphatic carbocycles. The molecule has 94 valence electrons. The van der Waals surface area contributed by atoms with Crippen LogP contribution in [0.5, 0.6) is 5.75 Å². The highest BCUT2D eigenvalue weighted by atomic mass is 16.5. The number of benzene rings is 1. The first-order valence-corrected chi connectivity index (χ1v) is 6.01. The van der Waals surface area contributed by atoms with Gasteiger partial charge in [-0.05, 0) is 39.3 Å². The maximum Gasteiger partial charge on any atom is 0.342 e. The average molecular weight is 236 g/mol. The minimum Gasteiger partial charge on any atom is -0.490 e. The van der Waals surface area contributed by atoms with Gasteiger partial charge in [0.1, 0.15) is 11.3 Å². The molecule has 0 aromatic heterocycles. The number of esters is 1. The topological polar surface area (TPSA) is 35.5 Å². The molecule has 1 rings (SSSR count). The average Bonchev–Trinajstić information content (AvgIpc) is 2.28. The third kappa shape index (κ3) is 4.10. The molecular weight excluding hydrogens is 216 g/mol. The lowest BCUT2D eigenvalue weighted by molar-refractivity contribution is 0.0329. The zero-order valence-electron chi connectivity index (χ0n) is 10.9. The van der Waals surface area contributed by atoms with Crippen molar-refractivity contribution in [3.63, 3.8) is 0 Å². The van der Waals surface area contributed by atoms with Crippen LogP contribution >= 0.6 is 0 Å². The van der Waals surface area contributed by atoms with E-state index in [1.807, 2.05) is 33.8 Å². The lowest BCUT2D eigenvalue weighted by Crippen LogP contribution is -2.16. The first-order chi connectivity index (χ1) is 8.04. The summed E-state index contributed by atoms with van der Waals surface area (Å²) in [5.41, 5.74) is 0.488. The van der Waals surface area contributed by atoms with Crippen LogP contribution in [0.2, 0.25) is 0 Å². The van der Waals surface area contributed by atoms with Crippen LogP contribution < -0.4 is 4.74 Å². The monoisotopic (exact) mass is 236 g/mol. The minimum absolute atomic E-state index is 0.0348. The lowest BCUT2D eigenvalue weighted by atomic mass is 10.2. The molecule has 0 saturated heterocycles. The van der Waals surface area contributed by atoms with Crippen molar-refractivity contribution in [2.45, 2.75) is 46.3 Å². The van der Waals surface area contributed by atoms with Gasteiger partial charge in [0.2, 0.25) is 0 Å². The van der Waals surface area contributed by atoms with Gasteiger partial charge < -0.3 is 9.47 Å². The summed E-state index contributed by atoms with van der Waals surface area (Å²) in [6.45, 7) is 7.71. The molecule has 1 aromatic rings. The van der Waals surface area contributed by atoms with E-state index in [0.717, 1.165) is 6.42 Å². The Morgan fingerprint density at radius 3 is 2.47 bits per heavy atom. The largest absolute Gasteiger partial charge is 0.490 e. The Labute approximate surface area is 103 Å². The highest BCUT2D eigenvalue weighted by molar-refractivity contribution is 5.92. The summed E-state index contributed by atoms with van der Waals surface area (Å²) in [4.78, 5) is 11.9. The molecule has 0 fully saturated rings. The fourth-order valence-corrected chi connectivity index (χ4v) is 1.32. The SMILES string of the molecule is CCC(C)OC(=O)c1ccccc1OC(C)C. The summed E-state index contributed by atoms with van der Waals surface area (Å²) in [6.07, 6.45) is 0.765. The van der Waals surface area contributed by atoms with Gasteiger partial charge >= 0.3 is 5.97 Å². The van der Waals surface area contributed by atoms with Gasteiger partial charge in [-0.2, -0.15) is 0 Å². The van der Waals surface area contributed by atoms with Gasteiger partial charge in [-0.1, -0.05) is 19.1 Å². The van der Waals surface area contributed by atoms with Crippen LogP contribution in [0.3, 0.4) is 0 Å². The summed E-state index contributed by atoms with van der Waals surface area (Å²) in [6, 6.07) is 7.16. The summed E-state index contributed by atoms with van der Waals surface area (Å²) < 4.78 is 10.9. The maximum absolute atomic E-state index is 11.9. The molecule has 0 saturated carbocycles. The Bertz CT molecular complexity index is 371. The normalized spacial score (nSPS) is 12.3. The van der Waals surface area contributed by atoms with E-state index in [2.05, 4.69) is 0 Å². The van der Waals surface area contributed by atoms with Crippen molar-refractivity contribution in [3.8, 4) is 5.75 Å². The molecule has 0 N–H and O–H groups in total. The molecule has 0 bridgehead atoms. The van der Waals surface area contributed by atoms with E-state index in [4.69, 9.17) is 9.47 Å². The Balaban J connectivity index is 2.85. The van der Waals surface area contributed by atoms with Crippen molar-refractivity contribution < 1.29 is 14.3 Å². The van der Waals surface area contributed by atoms with Crippen LogP contribution in [0.1, 0.15) is 44.5 Å². The highest BCUT2D eigenvalue weighted by Crippen LogP contribution is 2.21. The van der Waals surface area contributed by atoms with Crippen LogP contribution in [-0.4, -0.2) is 18.2 Å². The second-order valence-electron chi connectivity index (χ2n) is 4.29. The van der Waals surface area contributed by atoms with E-state index in [1.54, 1.807) is 18.2 Å². The van der Waals surface area contributed by atoms with E-state index >= 15 is 0 Å². The lowest BCUT2D eigenvalue weighted by Gasteiger charge is -2.15. The zero-order chi connectivity index (χ0) is 12.8. The van der Waals surface area contributed by atoms with Crippen molar-refractivity contribution in [3.05, 3.63) is 29.8 Å². The molecule has 17 heavy (non-hydrogen) atoms. The van der Waals surface area contributed by atoms with Crippen LogP contribution in [-0.2, 0) is 4.74 Å². The molecule has 0 radical (unpaired) electrons. The van der Waals surface area contributed by atoms with Gasteiger partial charge in [0.05, 0.1) is 12.2 Å². The van der Waals surface area contributed by atoms with Crippen LogP contribution in [0.4, 0.5) is 0 Å². The van der Waals surface area contributed by atoms with Gasteiger partial charge in [0, 0.05) is 0 Å². The first-order valence-electron chi connectivity index (χ1n) is 6.01. The molecule has 1 aromatic carbocycles. The van der Waals surface area contributed by atoms with Gasteiger partial charge in [0.25, 0.3) is 0 Å². The van der Waals surface area contributed by atoms with Crippen molar-refractivity contribution >= 4 is 5.97 Å². The zero-order valence-corrected chi connectivity index (χ0v) is 10.9. The van der Waals surface area contributed by atoms with E-state index in [1.165, 1.54) is 0 Å². The van der Waals surface area contributed by atoms with Gasteiger partial charge in [-0.3, -0.25) is 0 Å². The second kappa shape index (κ2) is 6.28. The number of carbonyl (C=O) groups is 1. The summed E-state index contributed by atoms with van der Waals surface area (Å²) in [5.74, 6) is 0.256. The third-order valence-corrected chi connectivity index (χ3v) is 2.35. The predicted molar refractivity (Wildman–Crippen MR) is 67.4 cm³/mol. The molecule has 3 heteroatoms. The van der Waals surface area contributed by atoms with Crippen LogP contribution in [0.15, 0.2) is 24.3 Å². The van der Waals surface area contributed by atoms with E-state index in [0.29, 0.717) is 11.3 Å². The fourth-order valence-electron chi connectivity index (χ4n) is 1.32. The Kier molecular flexibility index (Phi) is 5.01. The summed E-state index contributed by atoms with van der Waals surface area (Å²) in [7, 11) is 0. The van der Waals surface area contributed by atoms with Crippen molar-refractivity contribution in [2.75, 3.05) is 0 Å². The third-order valence-electron chi connectivity index (χ3n) is 2.35. The van der Waals surface area contributed by atoms with Gasteiger partial charge in [-0.25, -0.2) is 4.79 Å². The maximum atomic E-state index is 11.9. The summed E-state index contributed by atoms with van der Waals surface area (Å²) in [5, 5.41) is 0. The Hall–Kier alpha value is -1.51. The fraction of sp³-hybridized carbons (Fsp3) is 0.500. The molecule has 1 unspecified atom stereocenters. The van der Waals surface area contributed by atoms with Gasteiger partial charge in [-0.15, -0.1) is 0 Å². The minimum atomic E-state index is -0.324. The molecule has 0 aliphatic rings. The molecule has 1 atom stereocenters. The van der Waals surface area contributed by atoms with Crippen molar-refractivity contribution in [2.24, 2.45) is 0 Å². The Morgan fingerprint density at radius 1 is 1.24 bits per heavy atom. The van der Waals surface area contributed by atoms with Crippen molar-refractivity contribution in [1.29, 1.82) is 0 Å². The van der Waals surface area contributed by atoms with Gasteiger partial charge in [0.15, 0.2) is 0 Å². The van der Waals surface area contributed by atoms with Crippen LogP contribution in [0.25, 0.3) is 0 Å². The molecule has 3 nitrogen and oxygen atoms in total. The van der Waals surface area contributed by atoms with E-state index in [9.17, 15) is 4.79 Å². The van der Waals surface area contributed by atoms with Crippen LogP contribution in [0, 0.1) is 0 Å². The molecule has 0 aliphatic heterocycles. The molecule has 0 heterocycles. The number of carbonyl (C=O) groups excluding carboxylic acids is 1. The molecular formula is C14H20O3. The number of hydrogen-bond donors (Lipinski definition) is 0. The second-order valence-corrected chi connectivity index (χ2v) is 4.29. The Morgan fingerprint density at radius 2 is 1.88 bits per heavy atom. The predicted octanol–water partition coefficient (Wildman–Crippen LogP) is 3.43. The smallest absolute Gasteiger partial charge is 0.342 e. The standard InChI is InChI=1S/C14H20O3/c1-5-11(4)17-14(15)12-8-6-7-9-13(12)16-10(2)3/h6-11H,5H2,1-4H3. The van der Waals surface area contributed by atoms with E-state index < -0.39 is 0 Å². The first kappa shape index (κ1) is 13.6.